The Labute approximate surface area is 152 Å². The molecule has 0 bridgehead atoms. The largest absolute Gasteiger partial charge is 0.480 e. The van der Waals surface area contributed by atoms with Crippen LogP contribution in [-0.2, 0) is 4.79 Å². The van der Waals surface area contributed by atoms with Crippen molar-refractivity contribution < 1.29 is 24.3 Å². The topological polar surface area (TPSA) is 107 Å². The fourth-order valence-corrected chi connectivity index (χ4v) is 2.58. The van der Waals surface area contributed by atoms with Gasteiger partial charge in [-0.15, -0.1) is 0 Å². The first kappa shape index (κ1) is 19.9. The highest BCUT2D eigenvalue weighted by Gasteiger charge is 2.23. The molecule has 1 aromatic rings. The Morgan fingerprint density at radius 2 is 1.42 bits per heavy atom. The predicted octanol–water partition coefficient (Wildman–Crippen LogP) is 0.509. The SMILES string of the molecule is CN(C)C(=O)c1cc(C(=O)NCC(=O)O)cc(C(=O)N(C)C)c1I. The highest BCUT2D eigenvalue weighted by atomic mass is 127. The Hall–Kier alpha value is -2.17. The molecule has 2 N–H and O–H groups in total. The number of carbonyl (C=O) groups is 4. The Morgan fingerprint density at radius 1 is 1.00 bits per heavy atom. The number of carboxylic acids is 1. The Balaban J connectivity index is 3.44. The molecule has 1 aromatic carbocycles. The second-order valence-electron chi connectivity index (χ2n) is 5.36. The fourth-order valence-electron chi connectivity index (χ4n) is 1.81. The van der Waals surface area contributed by atoms with Crippen molar-refractivity contribution in [1.82, 2.24) is 15.1 Å². The number of hydrogen-bond acceptors (Lipinski definition) is 4. The Kier molecular flexibility index (Phi) is 6.70. The van der Waals surface area contributed by atoms with Gasteiger partial charge in [0.15, 0.2) is 0 Å². The van der Waals surface area contributed by atoms with Gasteiger partial charge < -0.3 is 20.2 Å². The van der Waals surface area contributed by atoms with Gasteiger partial charge in [-0.1, -0.05) is 0 Å². The maximum atomic E-state index is 12.3. The molecule has 0 aliphatic carbocycles. The summed E-state index contributed by atoms with van der Waals surface area (Å²) in [5.74, 6) is -2.59. The summed E-state index contributed by atoms with van der Waals surface area (Å²) in [6.45, 7) is -0.557. The van der Waals surface area contributed by atoms with Crippen LogP contribution in [0.25, 0.3) is 0 Å². The minimum Gasteiger partial charge on any atom is -0.480 e. The van der Waals surface area contributed by atoms with Gasteiger partial charge in [-0.3, -0.25) is 19.2 Å². The van der Waals surface area contributed by atoms with Gasteiger partial charge in [0.1, 0.15) is 6.54 Å². The summed E-state index contributed by atoms with van der Waals surface area (Å²) in [5.41, 5.74) is 0.453. The number of nitrogens with one attached hydrogen (secondary N) is 1. The Morgan fingerprint density at radius 3 is 1.75 bits per heavy atom. The first-order valence-corrected chi connectivity index (χ1v) is 7.91. The fraction of sp³-hybridized carbons (Fsp3) is 0.333. The van der Waals surface area contributed by atoms with Crippen LogP contribution in [0.1, 0.15) is 31.1 Å². The van der Waals surface area contributed by atoms with E-state index in [0.29, 0.717) is 3.57 Å². The van der Waals surface area contributed by atoms with E-state index in [1.165, 1.54) is 21.9 Å². The number of benzene rings is 1. The minimum absolute atomic E-state index is 0.0482. The summed E-state index contributed by atoms with van der Waals surface area (Å²) in [7, 11) is 6.23. The predicted molar refractivity (Wildman–Crippen MR) is 95.2 cm³/mol. The van der Waals surface area contributed by atoms with Gasteiger partial charge in [0, 0.05) is 37.3 Å². The number of halogens is 1. The summed E-state index contributed by atoms with van der Waals surface area (Å²) in [4.78, 5) is 50.0. The van der Waals surface area contributed by atoms with Crippen LogP contribution in [0.3, 0.4) is 0 Å². The lowest BCUT2D eigenvalue weighted by Crippen LogP contribution is -2.31. The number of amides is 3. The number of carboxylic acid groups (broad SMARTS) is 1. The number of aliphatic carboxylic acids is 1. The number of rotatable bonds is 5. The van der Waals surface area contributed by atoms with Crippen molar-refractivity contribution in [3.63, 3.8) is 0 Å². The summed E-state index contributed by atoms with van der Waals surface area (Å²) in [5, 5.41) is 10.9. The van der Waals surface area contributed by atoms with E-state index in [1.54, 1.807) is 28.2 Å². The van der Waals surface area contributed by atoms with Gasteiger partial charge in [0.25, 0.3) is 17.7 Å². The second kappa shape index (κ2) is 8.08. The monoisotopic (exact) mass is 447 g/mol. The van der Waals surface area contributed by atoms with Crippen molar-refractivity contribution in [1.29, 1.82) is 0 Å². The van der Waals surface area contributed by atoms with Gasteiger partial charge in [-0.05, 0) is 34.7 Å². The quantitative estimate of drug-likeness (QED) is 0.640. The van der Waals surface area contributed by atoms with Gasteiger partial charge in [-0.2, -0.15) is 0 Å². The lowest BCUT2D eigenvalue weighted by Gasteiger charge is -2.17. The molecule has 8 nitrogen and oxygen atoms in total. The first-order chi connectivity index (χ1) is 11.1. The van der Waals surface area contributed by atoms with Crippen molar-refractivity contribution in [3.8, 4) is 0 Å². The van der Waals surface area contributed by atoms with Crippen LogP contribution in [0.2, 0.25) is 0 Å². The molecule has 0 aliphatic heterocycles. The maximum absolute atomic E-state index is 12.3. The average molecular weight is 447 g/mol. The average Bonchev–Trinajstić information content (AvgIpc) is 2.51. The highest BCUT2D eigenvalue weighted by molar-refractivity contribution is 14.1. The summed E-state index contributed by atoms with van der Waals surface area (Å²) in [6.07, 6.45) is 0. The standard InChI is InChI=1S/C15H18IN3O5/c1-18(2)14(23)9-5-8(13(22)17-7-11(20)21)6-10(12(9)16)15(24)19(3)4/h5-6H,7H2,1-4H3,(H,17,22)(H,20,21). The molecule has 1 rings (SSSR count). The van der Waals surface area contributed by atoms with E-state index in [2.05, 4.69) is 5.32 Å². The van der Waals surface area contributed by atoms with Gasteiger partial charge in [0.05, 0.1) is 11.1 Å². The Bertz CT molecular complexity index is 659. The molecular formula is C15H18IN3O5. The third-order valence-corrected chi connectivity index (χ3v) is 4.17. The van der Waals surface area contributed by atoms with Crippen molar-refractivity contribution in [2.75, 3.05) is 34.7 Å². The number of nitrogens with zero attached hydrogens (tertiary/aromatic N) is 2. The van der Waals surface area contributed by atoms with Crippen LogP contribution in [-0.4, -0.2) is 73.3 Å². The summed E-state index contributed by atoms with van der Waals surface area (Å²) in [6, 6.07) is 2.71. The zero-order chi connectivity index (χ0) is 18.6. The number of carbonyl (C=O) groups excluding carboxylic acids is 3. The van der Waals surface area contributed by atoms with Gasteiger partial charge in [0.2, 0.25) is 0 Å². The molecule has 0 aliphatic rings. The zero-order valence-electron chi connectivity index (χ0n) is 13.7. The molecule has 0 atom stereocenters. The van der Waals surface area contributed by atoms with Crippen LogP contribution < -0.4 is 5.32 Å². The molecule has 130 valence electrons. The van der Waals surface area contributed by atoms with Gasteiger partial charge >= 0.3 is 5.97 Å². The van der Waals surface area contributed by atoms with E-state index in [9.17, 15) is 19.2 Å². The van der Waals surface area contributed by atoms with Crippen LogP contribution in [0.4, 0.5) is 0 Å². The number of hydrogen-bond donors (Lipinski definition) is 2. The highest BCUT2D eigenvalue weighted by Crippen LogP contribution is 2.22. The van der Waals surface area contributed by atoms with Crippen LogP contribution >= 0.6 is 22.6 Å². The van der Waals surface area contributed by atoms with E-state index < -0.39 is 18.4 Å². The van der Waals surface area contributed by atoms with E-state index in [-0.39, 0.29) is 28.5 Å². The zero-order valence-corrected chi connectivity index (χ0v) is 15.9. The van der Waals surface area contributed by atoms with Gasteiger partial charge in [-0.25, -0.2) is 0 Å². The molecule has 0 saturated carbocycles. The van der Waals surface area contributed by atoms with E-state index >= 15 is 0 Å². The molecule has 0 spiro atoms. The third kappa shape index (κ3) is 4.66. The first-order valence-electron chi connectivity index (χ1n) is 6.83. The van der Waals surface area contributed by atoms with E-state index in [4.69, 9.17) is 5.11 Å². The van der Waals surface area contributed by atoms with Crippen molar-refractivity contribution >= 4 is 46.3 Å². The lowest BCUT2D eigenvalue weighted by molar-refractivity contribution is -0.135. The molecule has 0 aromatic heterocycles. The smallest absolute Gasteiger partial charge is 0.322 e. The molecule has 3 amide bonds. The van der Waals surface area contributed by atoms with Crippen molar-refractivity contribution in [2.24, 2.45) is 0 Å². The van der Waals surface area contributed by atoms with Crippen molar-refractivity contribution in [2.45, 2.75) is 0 Å². The molecular weight excluding hydrogens is 429 g/mol. The molecule has 24 heavy (non-hydrogen) atoms. The van der Waals surface area contributed by atoms with E-state index in [1.807, 2.05) is 22.6 Å². The summed E-state index contributed by atoms with van der Waals surface area (Å²) < 4.78 is 0.430. The van der Waals surface area contributed by atoms with Crippen molar-refractivity contribution in [3.05, 3.63) is 32.4 Å². The second-order valence-corrected chi connectivity index (χ2v) is 6.44. The minimum atomic E-state index is -1.19. The molecule has 0 radical (unpaired) electrons. The molecule has 0 saturated heterocycles. The maximum Gasteiger partial charge on any atom is 0.322 e. The summed E-state index contributed by atoms with van der Waals surface area (Å²) >= 11 is 1.89. The van der Waals surface area contributed by atoms with Crippen LogP contribution in [0.15, 0.2) is 12.1 Å². The van der Waals surface area contributed by atoms with Crippen LogP contribution in [0, 0.1) is 3.57 Å². The molecule has 0 heterocycles. The lowest BCUT2D eigenvalue weighted by atomic mass is 10.0. The molecule has 9 heteroatoms. The molecule has 0 fully saturated rings. The van der Waals surface area contributed by atoms with Crippen LogP contribution in [0.5, 0.6) is 0 Å². The molecule has 0 unspecified atom stereocenters. The van der Waals surface area contributed by atoms with E-state index in [0.717, 1.165) is 0 Å². The third-order valence-electron chi connectivity index (χ3n) is 3.01. The normalized spacial score (nSPS) is 10.0.